The van der Waals surface area contributed by atoms with Gasteiger partial charge in [-0.25, -0.2) is 14.0 Å². The smallest absolute Gasteiger partial charge is 0.410 e. The molecule has 1 unspecified atom stereocenters. The number of hydrogen-bond donors (Lipinski definition) is 2. The second kappa shape index (κ2) is 14.8. The van der Waals surface area contributed by atoms with E-state index in [2.05, 4.69) is 10.2 Å². The van der Waals surface area contributed by atoms with Gasteiger partial charge < -0.3 is 20.1 Å². The minimum atomic E-state index is -1.11. The monoisotopic (exact) mass is 591 g/mol. The summed E-state index contributed by atoms with van der Waals surface area (Å²) in [6.07, 6.45) is -0.299. The highest BCUT2D eigenvalue weighted by Gasteiger charge is 2.30. The first-order chi connectivity index (χ1) is 20.4. The predicted octanol–water partition coefficient (Wildman–Crippen LogP) is 6.59. The lowest BCUT2D eigenvalue weighted by atomic mass is 10.00. The molecule has 1 aliphatic heterocycles. The Bertz CT molecular complexity index is 1440. The second-order valence-corrected chi connectivity index (χ2v) is 11.3. The summed E-state index contributed by atoms with van der Waals surface area (Å²) in [6, 6.07) is 18.2. The normalized spacial score (nSPS) is 15.2. The maximum Gasteiger partial charge on any atom is 0.410 e. The zero-order chi connectivity index (χ0) is 31.7. The molecule has 0 bridgehead atoms. The van der Waals surface area contributed by atoms with E-state index in [0.717, 1.165) is 11.1 Å². The molecule has 2 amide bonds. The fraction of sp³-hybridized carbons (Fsp3) is 0.382. The summed E-state index contributed by atoms with van der Waals surface area (Å²) in [5, 5.41) is 11.9. The lowest BCUT2D eigenvalue weighted by Crippen LogP contribution is -2.54. The third-order valence-corrected chi connectivity index (χ3v) is 6.84. The number of carboxylic acids is 1. The summed E-state index contributed by atoms with van der Waals surface area (Å²) in [7, 11) is 0. The maximum absolute atomic E-state index is 14.9. The number of nitrogens with one attached hydrogen (secondary N) is 1. The fourth-order valence-electron chi connectivity index (χ4n) is 4.85. The van der Waals surface area contributed by atoms with E-state index in [-0.39, 0.29) is 35.6 Å². The minimum absolute atomic E-state index is 0.00211. The first kappa shape index (κ1) is 33.3. The van der Waals surface area contributed by atoms with E-state index in [0.29, 0.717) is 37.3 Å². The molecule has 43 heavy (non-hydrogen) atoms. The van der Waals surface area contributed by atoms with Gasteiger partial charge in [-0.05, 0) is 80.8 Å². The lowest BCUT2D eigenvalue weighted by molar-refractivity contribution is 0.000538. The van der Waals surface area contributed by atoms with Gasteiger partial charge in [-0.1, -0.05) is 44.2 Å². The van der Waals surface area contributed by atoms with Gasteiger partial charge in [-0.15, -0.1) is 0 Å². The van der Waals surface area contributed by atoms with E-state index in [1.165, 1.54) is 24.3 Å². The molecule has 0 radical (unpaired) electrons. The van der Waals surface area contributed by atoms with E-state index < -0.39 is 17.5 Å². The zero-order valence-electron chi connectivity index (χ0n) is 25.8. The molecule has 1 heterocycles. The average molecular weight is 592 g/mol. The third kappa shape index (κ3) is 9.38. The number of halogens is 1. The molecule has 1 aliphatic rings. The predicted molar refractivity (Wildman–Crippen MR) is 165 cm³/mol. The SMILES string of the molecule is CC.CC1CN(Cc2cccc(-c3cc(CNC(=O)c4cccc(C(=O)O)c4)ccc3F)c2)CCN1C(=O)OC(C)(C)C. The van der Waals surface area contributed by atoms with Crippen molar-refractivity contribution in [3.05, 3.63) is 94.8 Å². The van der Waals surface area contributed by atoms with Crippen LogP contribution in [-0.2, 0) is 17.8 Å². The Morgan fingerprint density at radius 3 is 2.33 bits per heavy atom. The maximum atomic E-state index is 14.9. The van der Waals surface area contributed by atoms with Crippen molar-refractivity contribution >= 4 is 18.0 Å². The molecule has 0 aromatic heterocycles. The van der Waals surface area contributed by atoms with Gasteiger partial charge >= 0.3 is 12.1 Å². The summed E-state index contributed by atoms with van der Waals surface area (Å²) in [5.74, 6) is -1.89. The van der Waals surface area contributed by atoms with Crippen LogP contribution >= 0.6 is 0 Å². The van der Waals surface area contributed by atoms with Gasteiger partial charge in [0.2, 0.25) is 0 Å². The van der Waals surface area contributed by atoms with Crippen LogP contribution in [0.4, 0.5) is 9.18 Å². The van der Waals surface area contributed by atoms with E-state index in [4.69, 9.17) is 9.84 Å². The van der Waals surface area contributed by atoms with Crippen molar-refractivity contribution in [2.45, 2.75) is 66.3 Å². The van der Waals surface area contributed by atoms with Crippen molar-refractivity contribution in [2.24, 2.45) is 0 Å². The third-order valence-electron chi connectivity index (χ3n) is 6.84. The number of nitrogens with zero attached hydrogens (tertiary/aromatic N) is 2. The second-order valence-electron chi connectivity index (χ2n) is 11.3. The van der Waals surface area contributed by atoms with Crippen LogP contribution in [-0.4, -0.2) is 64.2 Å². The standard InChI is InChI=1S/C32H36FN3O5.C2H6/c1-21-19-35(13-14-36(21)31(40)41-32(2,3)4)20-23-7-5-8-24(15-23)27-16-22(11-12-28(27)33)18-34-29(37)25-9-6-10-26(17-25)30(38)39;1-2/h5-12,15-17,21H,13-14,18-20H2,1-4H3,(H,34,37)(H,38,39);1-2H3. The van der Waals surface area contributed by atoms with Gasteiger partial charge in [-0.3, -0.25) is 9.69 Å². The molecule has 4 rings (SSSR count). The molecule has 8 nitrogen and oxygen atoms in total. The van der Waals surface area contributed by atoms with E-state index in [1.54, 1.807) is 23.1 Å². The number of ether oxygens (including phenoxy) is 1. The average Bonchev–Trinajstić information content (AvgIpc) is 2.97. The summed E-state index contributed by atoms with van der Waals surface area (Å²) in [6.45, 7) is 14.4. The van der Waals surface area contributed by atoms with Gasteiger partial charge in [-0.2, -0.15) is 0 Å². The molecule has 3 aromatic carbocycles. The van der Waals surface area contributed by atoms with E-state index in [9.17, 15) is 18.8 Å². The van der Waals surface area contributed by atoms with Gasteiger partial charge in [0.15, 0.2) is 0 Å². The van der Waals surface area contributed by atoms with Crippen molar-refractivity contribution in [3.63, 3.8) is 0 Å². The molecule has 1 fully saturated rings. The topological polar surface area (TPSA) is 99.2 Å². The molecular formula is C34H42FN3O5. The Labute approximate surface area is 253 Å². The number of hydrogen-bond acceptors (Lipinski definition) is 5. The zero-order valence-corrected chi connectivity index (χ0v) is 25.8. The van der Waals surface area contributed by atoms with Gasteiger partial charge in [0.05, 0.1) is 5.56 Å². The summed E-state index contributed by atoms with van der Waals surface area (Å²) >= 11 is 0. The van der Waals surface area contributed by atoms with Crippen LogP contribution in [0.15, 0.2) is 66.7 Å². The molecule has 9 heteroatoms. The molecule has 0 spiro atoms. The van der Waals surface area contributed by atoms with Crippen LogP contribution in [0.25, 0.3) is 11.1 Å². The highest BCUT2D eigenvalue weighted by Crippen LogP contribution is 2.26. The fourth-order valence-corrected chi connectivity index (χ4v) is 4.85. The van der Waals surface area contributed by atoms with Gasteiger partial charge in [0, 0.05) is 49.9 Å². The number of rotatable bonds is 7. The number of piperazine rings is 1. The molecule has 1 atom stereocenters. The first-order valence-corrected chi connectivity index (χ1v) is 14.6. The summed E-state index contributed by atoms with van der Waals surface area (Å²) in [5.41, 5.74) is 2.61. The minimum Gasteiger partial charge on any atom is -0.478 e. The Balaban J connectivity index is 0.00000248. The highest BCUT2D eigenvalue weighted by molar-refractivity contribution is 5.97. The molecular weight excluding hydrogens is 549 g/mol. The summed E-state index contributed by atoms with van der Waals surface area (Å²) in [4.78, 5) is 40.4. The number of carbonyl (C=O) groups is 3. The van der Waals surface area contributed by atoms with E-state index >= 15 is 0 Å². The number of carbonyl (C=O) groups excluding carboxylic acids is 2. The van der Waals surface area contributed by atoms with Crippen molar-refractivity contribution in [3.8, 4) is 11.1 Å². The largest absolute Gasteiger partial charge is 0.478 e. The van der Waals surface area contributed by atoms with Crippen LogP contribution in [0.2, 0.25) is 0 Å². The van der Waals surface area contributed by atoms with Crippen molar-refractivity contribution in [1.29, 1.82) is 0 Å². The quantitative estimate of drug-likeness (QED) is 0.322. The number of aromatic carboxylic acids is 1. The van der Waals surface area contributed by atoms with E-state index in [1.807, 2.05) is 65.8 Å². The molecule has 3 aromatic rings. The number of carboxylic acid groups (broad SMARTS) is 1. The van der Waals surface area contributed by atoms with Crippen molar-refractivity contribution < 1.29 is 28.6 Å². The van der Waals surface area contributed by atoms with Gasteiger partial charge in [0.25, 0.3) is 5.91 Å². The Kier molecular flexibility index (Phi) is 11.4. The Hall–Kier alpha value is -4.24. The number of amides is 2. The first-order valence-electron chi connectivity index (χ1n) is 14.6. The van der Waals surface area contributed by atoms with Crippen LogP contribution in [0, 0.1) is 5.82 Å². The lowest BCUT2D eigenvalue weighted by Gasteiger charge is -2.40. The van der Waals surface area contributed by atoms with Crippen LogP contribution in [0.1, 0.15) is 73.4 Å². The molecule has 0 saturated carbocycles. The van der Waals surface area contributed by atoms with Crippen LogP contribution in [0.3, 0.4) is 0 Å². The van der Waals surface area contributed by atoms with Crippen LogP contribution in [0.5, 0.6) is 0 Å². The van der Waals surface area contributed by atoms with Gasteiger partial charge in [0.1, 0.15) is 11.4 Å². The Morgan fingerprint density at radius 2 is 1.65 bits per heavy atom. The molecule has 1 saturated heterocycles. The summed E-state index contributed by atoms with van der Waals surface area (Å²) < 4.78 is 20.5. The molecule has 0 aliphatic carbocycles. The van der Waals surface area contributed by atoms with Crippen molar-refractivity contribution in [1.82, 2.24) is 15.1 Å². The Morgan fingerprint density at radius 1 is 0.953 bits per heavy atom. The molecule has 230 valence electrons. The highest BCUT2D eigenvalue weighted by atomic mass is 19.1. The van der Waals surface area contributed by atoms with Crippen molar-refractivity contribution in [2.75, 3.05) is 19.6 Å². The molecule has 2 N–H and O–H groups in total. The van der Waals surface area contributed by atoms with Crippen LogP contribution < -0.4 is 5.32 Å². The number of benzene rings is 3.